The molecule has 0 spiro atoms. The minimum Gasteiger partial charge on any atom is -0.462 e. The van der Waals surface area contributed by atoms with Crippen LogP contribution in [0.3, 0.4) is 0 Å². The molecule has 0 aliphatic carbocycles. The van der Waals surface area contributed by atoms with E-state index in [0.717, 1.165) is 83.5 Å². The zero-order valence-corrected chi connectivity index (χ0v) is 54.7. The minimum atomic E-state index is -0.822. The van der Waals surface area contributed by atoms with Gasteiger partial charge < -0.3 is 14.2 Å². The first kappa shape index (κ1) is 79.1. The van der Waals surface area contributed by atoms with E-state index in [9.17, 15) is 14.4 Å². The second-order valence-electron chi connectivity index (χ2n) is 23.4. The number of hydrogen-bond acceptors (Lipinski definition) is 6. The summed E-state index contributed by atoms with van der Waals surface area (Å²) in [6.07, 6.45) is 97.2. The van der Waals surface area contributed by atoms with Gasteiger partial charge in [0.15, 0.2) is 6.10 Å². The molecule has 0 aromatic carbocycles. The average Bonchev–Trinajstić information content (AvgIpc) is 3.49. The highest BCUT2D eigenvalue weighted by molar-refractivity contribution is 5.72. The van der Waals surface area contributed by atoms with Crippen LogP contribution in [0.2, 0.25) is 0 Å². The first-order valence-corrected chi connectivity index (χ1v) is 35.4. The van der Waals surface area contributed by atoms with E-state index in [0.29, 0.717) is 12.8 Å². The van der Waals surface area contributed by atoms with Crippen molar-refractivity contribution in [1.29, 1.82) is 0 Å². The van der Waals surface area contributed by atoms with Gasteiger partial charge in [0.2, 0.25) is 0 Å². The Hall–Kier alpha value is -3.93. The number of carbonyl (C=O) groups excluding carboxylic acids is 3. The Balaban J connectivity index is 4.34. The normalized spacial score (nSPS) is 12.8. The summed E-state index contributed by atoms with van der Waals surface area (Å²) in [6.45, 7) is 6.46. The van der Waals surface area contributed by atoms with Crippen molar-refractivity contribution in [1.82, 2.24) is 0 Å². The third-order valence-electron chi connectivity index (χ3n) is 15.3. The third-order valence-corrected chi connectivity index (χ3v) is 15.3. The highest BCUT2D eigenvalue weighted by Gasteiger charge is 2.19. The van der Waals surface area contributed by atoms with Crippen LogP contribution in [0, 0.1) is 0 Å². The second-order valence-corrected chi connectivity index (χ2v) is 23.4. The minimum absolute atomic E-state index is 0.108. The first-order chi connectivity index (χ1) is 41.0. The highest BCUT2D eigenvalue weighted by atomic mass is 16.6. The van der Waals surface area contributed by atoms with Gasteiger partial charge in [-0.05, 0) is 109 Å². The molecular formula is C77H132O6. The average molecular weight is 1150 g/mol. The molecule has 6 nitrogen and oxygen atoms in total. The Bertz CT molecular complexity index is 1660. The Morgan fingerprint density at radius 2 is 0.518 bits per heavy atom. The lowest BCUT2D eigenvalue weighted by Gasteiger charge is -2.18. The number of esters is 3. The van der Waals surface area contributed by atoms with E-state index in [1.807, 2.05) is 6.08 Å². The maximum absolute atomic E-state index is 12.9. The van der Waals surface area contributed by atoms with E-state index in [1.165, 1.54) is 218 Å². The summed E-state index contributed by atoms with van der Waals surface area (Å²) in [7, 11) is 0. The quantitative estimate of drug-likeness (QED) is 0.0261. The van der Waals surface area contributed by atoms with E-state index in [-0.39, 0.29) is 31.6 Å². The van der Waals surface area contributed by atoms with Crippen molar-refractivity contribution >= 4 is 17.9 Å². The second kappa shape index (κ2) is 70.6. The lowest BCUT2D eigenvalue weighted by atomic mass is 10.0. The van der Waals surface area contributed by atoms with Crippen molar-refractivity contribution in [3.8, 4) is 0 Å². The van der Waals surface area contributed by atoms with Gasteiger partial charge in [0, 0.05) is 12.8 Å². The molecule has 0 aromatic rings. The summed E-state index contributed by atoms with van der Waals surface area (Å²) in [6, 6.07) is 0. The third kappa shape index (κ3) is 68.7. The van der Waals surface area contributed by atoms with Crippen LogP contribution in [-0.4, -0.2) is 37.2 Å². The van der Waals surface area contributed by atoms with Crippen molar-refractivity contribution < 1.29 is 28.6 Å². The maximum atomic E-state index is 12.9. The fraction of sp³-hybridized carbons (Fsp3) is 0.727. The molecule has 0 aromatic heterocycles. The van der Waals surface area contributed by atoms with Crippen LogP contribution >= 0.6 is 0 Å². The Kier molecular flexibility index (Phi) is 67.2. The molecule has 0 rings (SSSR count). The van der Waals surface area contributed by atoms with Crippen LogP contribution in [0.25, 0.3) is 0 Å². The molecule has 0 radical (unpaired) electrons. The summed E-state index contributed by atoms with van der Waals surface area (Å²) in [5.74, 6) is -1.03. The van der Waals surface area contributed by atoms with Crippen LogP contribution in [0.5, 0.6) is 0 Å². The van der Waals surface area contributed by atoms with Crippen LogP contribution in [0.1, 0.15) is 342 Å². The standard InChI is InChI=1S/C77H132O6/c1-4-7-10-13-16-19-22-25-28-30-32-34-35-36-37-38-39-40-41-43-44-46-49-52-55-58-61-64-67-70-76(79)82-73-74(72-81-75(78)69-66-63-60-57-54-51-48-27-24-21-18-15-12-9-6-3)83-77(80)71-68-65-62-59-56-53-50-47-45-42-33-31-29-26-23-20-17-14-11-8-5-2/h9,12,18,21-22,25,27,30-33,35-36,48,54,57,63,66,74H,4-8,10-11,13-17,19-20,23-24,26,28-29,34,37-47,49-53,55-56,58-62,64-65,67-73H2,1-3H3/b12-9-,21-18-,25-22-,32-30-,33-31-,36-35-,48-27-,57-54-,66-63-. The van der Waals surface area contributed by atoms with Crippen LogP contribution < -0.4 is 0 Å². The topological polar surface area (TPSA) is 78.9 Å². The summed E-state index contributed by atoms with van der Waals surface area (Å²) >= 11 is 0. The number of allylic oxidation sites excluding steroid dienone is 17. The summed E-state index contributed by atoms with van der Waals surface area (Å²) in [4.78, 5) is 38.4. The molecule has 0 heterocycles. The number of unbranched alkanes of at least 4 members (excludes halogenated alkanes) is 36. The zero-order valence-electron chi connectivity index (χ0n) is 54.7. The maximum Gasteiger partial charge on any atom is 0.309 e. The molecular weight excluding hydrogens is 1020 g/mol. The number of carbonyl (C=O) groups is 3. The largest absolute Gasteiger partial charge is 0.462 e. The van der Waals surface area contributed by atoms with Crippen LogP contribution in [0.4, 0.5) is 0 Å². The smallest absolute Gasteiger partial charge is 0.309 e. The summed E-state index contributed by atoms with van der Waals surface area (Å²) in [5, 5.41) is 0. The number of hydrogen-bond donors (Lipinski definition) is 0. The molecule has 83 heavy (non-hydrogen) atoms. The molecule has 0 bridgehead atoms. The zero-order chi connectivity index (χ0) is 59.9. The van der Waals surface area contributed by atoms with Gasteiger partial charge in [0.1, 0.15) is 13.2 Å². The molecule has 476 valence electrons. The lowest BCUT2D eigenvalue weighted by molar-refractivity contribution is -0.166. The summed E-state index contributed by atoms with van der Waals surface area (Å²) in [5.41, 5.74) is 0. The molecule has 0 saturated carbocycles. The molecule has 1 atom stereocenters. The van der Waals surface area contributed by atoms with Gasteiger partial charge in [0.05, 0.1) is 6.42 Å². The fourth-order valence-electron chi connectivity index (χ4n) is 9.99. The first-order valence-electron chi connectivity index (χ1n) is 35.4. The van der Waals surface area contributed by atoms with Crippen LogP contribution in [0.15, 0.2) is 109 Å². The van der Waals surface area contributed by atoms with Crippen LogP contribution in [-0.2, 0) is 28.6 Å². The molecule has 0 aliphatic rings. The predicted molar refractivity (Wildman–Crippen MR) is 362 cm³/mol. The van der Waals surface area contributed by atoms with Gasteiger partial charge in [-0.15, -0.1) is 0 Å². The van der Waals surface area contributed by atoms with E-state index >= 15 is 0 Å². The van der Waals surface area contributed by atoms with Crippen molar-refractivity contribution in [2.24, 2.45) is 0 Å². The van der Waals surface area contributed by atoms with Crippen molar-refractivity contribution in [3.63, 3.8) is 0 Å². The molecule has 1 unspecified atom stereocenters. The van der Waals surface area contributed by atoms with Gasteiger partial charge in [-0.1, -0.05) is 323 Å². The Morgan fingerprint density at radius 1 is 0.265 bits per heavy atom. The Labute approximate surface area is 514 Å². The molecule has 0 saturated heterocycles. The fourth-order valence-corrected chi connectivity index (χ4v) is 9.99. The number of ether oxygens (including phenoxy) is 3. The van der Waals surface area contributed by atoms with Gasteiger partial charge in [-0.3, -0.25) is 14.4 Å². The van der Waals surface area contributed by atoms with E-state index in [2.05, 4.69) is 118 Å². The molecule has 0 amide bonds. The van der Waals surface area contributed by atoms with E-state index < -0.39 is 12.1 Å². The van der Waals surface area contributed by atoms with Crippen molar-refractivity contribution in [2.75, 3.05) is 13.2 Å². The van der Waals surface area contributed by atoms with E-state index in [4.69, 9.17) is 14.2 Å². The van der Waals surface area contributed by atoms with Crippen molar-refractivity contribution in [3.05, 3.63) is 109 Å². The summed E-state index contributed by atoms with van der Waals surface area (Å²) < 4.78 is 16.9. The molecule has 0 fully saturated rings. The predicted octanol–water partition coefficient (Wildman–Crippen LogP) is 24.6. The van der Waals surface area contributed by atoms with Gasteiger partial charge >= 0.3 is 17.9 Å². The van der Waals surface area contributed by atoms with Gasteiger partial charge in [-0.2, -0.15) is 0 Å². The lowest BCUT2D eigenvalue weighted by Crippen LogP contribution is -2.30. The highest BCUT2D eigenvalue weighted by Crippen LogP contribution is 2.17. The number of rotatable bonds is 64. The molecule has 6 heteroatoms. The van der Waals surface area contributed by atoms with E-state index in [1.54, 1.807) is 6.08 Å². The molecule has 0 N–H and O–H groups in total. The van der Waals surface area contributed by atoms with Gasteiger partial charge in [-0.25, -0.2) is 0 Å². The monoisotopic (exact) mass is 1150 g/mol. The molecule has 0 aliphatic heterocycles. The Morgan fingerprint density at radius 3 is 0.855 bits per heavy atom. The van der Waals surface area contributed by atoms with Gasteiger partial charge in [0.25, 0.3) is 0 Å². The SMILES string of the molecule is CC/C=C\C/C=C\C/C=C\C/C=C\C/C=C\CC(=O)OCC(COC(=O)CCCCCCCCCCCCCCCC/C=C\C/C=C\C/C=C\CCCCCCC)OC(=O)CCCCCCCCCCC/C=C\CCCCCCCCCC. The van der Waals surface area contributed by atoms with Crippen molar-refractivity contribution in [2.45, 2.75) is 348 Å².